The molecule has 2 aromatic rings. The molecule has 1 aliphatic rings. The smallest absolute Gasteiger partial charge is 0.130 e. The van der Waals surface area contributed by atoms with E-state index in [9.17, 15) is 4.21 Å². The van der Waals surface area contributed by atoms with Gasteiger partial charge in [0.1, 0.15) is 5.82 Å². The van der Waals surface area contributed by atoms with E-state index in [2.05, 4.69) is 27.3 Å². The first-order chi connectivity index (χ1) is 9.76. The first-order valence-corrected chi connectivity index (χ1v) is 8.39. The lowest BCUT2D eigenvalue weighted by Crippen LogP contribution is -2.37. The van der Waals surface area contributed by atoms with Gasteiger partial charge < -0.3 is 5.32 Å². The molecule has 0 radical (unpaired) electrons. The van der Waals surface area contributed by atoms with Gasteiger partial charge in [-0.05, 0) is 12.1 Å². The molecule has 1 N–H and O–H groups in total. The lowest BCUT2D eigenvalue weighted by molar-refractivity contribution is 0.292. The van der Waals surface area contributed by atoms with Gasteiger partial charge in [0.2, 0.25) is 0 Å². The van der Waals surface area contributed by atoms with E-state index in [1.165, 1.54) is 10.9 Å². The highest BCUT2D eigenvalue weighted by atomic mass is 32.2. The quantitative estimate of drug-likeness (QED) is 0.936. The number of hydrogen-bond donors (Lipinski definition) is 1. The van der Waals surface area contributed by atoms with Crippen LogP contribution in [0.15, 0.2) is 30.3 Å². The number of anilines is 1. The predicted octanol–water partition coefficient (Wildman–Crippen LogP) is 1.84. The van der Waals surface area contributed by atoms with Crippen LogP contribution >= 0.6 is 0 Å². The van der Waals surface area contributed by atoms with E-state index in [1.54, 1.807) is 0 Å². The van der Waals surface area contributed by atoms with Crippen LogP contribution in [-0.4, -0.2) is 45.7 Å². The molecule has 0 spiro atoms. The van der Waals surface area contributed by atoms with Crippen molar-refractivity contribution >= 4 is 27.5 Å². The third-order valence-corrected chi connectivity index (χ3v) is 4.98. The summed E-state index contributed by atoms with van der Waals surface area (Å²) in [6.45, 7) is 2.68. The monoisotopic (exact) mass is 289 g/mol. The molecular weight excluding hydrogens is 270 g/mol. The van der Waals surface area contributed by atoms with Gasteiger partial charge in [-0.2, -0.15) is 0 Å². The fourth-order valence-corrected chi connectivity index (χ4v) is 3.70. The standard InChI is InChI=1S/C15H19N3OS/c1-16-15-13(11-18-6-8-20(19)9-7-18)10-12-4-2-3-5-14(12)17-15/h2-5,10H,6-9,11H2,1H3,(H,16,17). The fourth-order valence-electron chi connectivity index (χ4n) is 2.57. The minimum Gasteiger partial charge on any atom is -0.373 e. The van der Waals surface area contributed by atoms with Gasteiger partial charge in [0.15, 0.2) is 0 Å². The summed E-state index contributed by atoms with van der Waals surface area (Å²) in [5, 5.41) is 4.36. The van der Waals surface area contributed by atoms with Crippen LogP contribution in [0, 0.1) is 0 Å². The van der Waals surface area contributed by atoms with Crippen LogP contribution in [-0.2, 0) is 17.3 Å². The molecule has 0 aliphatic carbocycles. The summed E-state index contributed by atoms with van der Waals surface area (Å²) in [7, 11) is 1.29. The van der Waals surface area contributed by atoms with Gasteiger partial charge in [-0.3, -0.25) is 9.11 Å². The molecule has 2 heterocycles. The molecule has 5 heteroatoms. The predicted molar refractivity (Wildman–Crippen MR) is 84.4 cm³/mol. The molecule has 0 amide bonds. The Kier molecular flexibility index (Phi) is 3.98. The van der Waals surface area contributed by atoms with Gasteiger partial charge in [0.05, 0.1) is 5.52 Å². The number of benzene rings is 1. The van der Waals surface area contributed by atoms with Gasteiger partial charge in [-0.25, -0.2) is 4.98 Å². The molecule has 1 aliphatic heterocycles. The highest BCUT2D eigenvalue weighted by molar-refractivity contribution is 7.85. The van der Waals surface area contributed by atoms with Crippen LogP contribution in [0.1, 0.15) is 5.56 Å². The number of nitrogens with one attached hydrogen (secondary N) is 1. The van der Waals surface area contributed by atoms with Gasteiger partial charge in [-0.15, -0.1) is 0 Å². The lowest BCUT2D eigenvalue weighted by Gasteiger charge is -2.26. The van der Waals surface area contributed by atoms with Crippen molar-refractivity contribution in [1.82, 2.24) is 9.88 Å². The van der Waals surface area contributed by atoms with Crippen LogP contribution in [0.3, 0.4) is 0 Å². The number of para-hydroxylation sites is 1. The Morgan fingerprint density at radius 3 is 2.80 bits per heavy atom. The molecule has 20 heavy (non-hydrogen) atoms. The molecule has 0 atom stereocenters. The first kappa shape index (κ1) is 13.5. The van der Waals surface area contributed by atoms with Crippen molar-refractivity contribution in [2.45, 2.75) is 6.54 Å². The summed E-state index contributed by atoms with van der Waals surface area (Å²) in [5.74, 6) is 2.52. The van der Waals surface area contributed by atoms with E-state index in [4.69, 9.17) is 0 Å². The zero-order valence-electron chi connectivity index (χ0n) is 11.6. The lowest BCUT2D eigenvalue weighted by atomic mass is 10.1. The fraction of sp³-hybridized carbons (Fsp3) is 0.400. The van der Waals surface area contributed by atoms with E-state index in [-0.39, 0.29) is 0 Å². The molecule has 3 rings (SSSR count). The van der Waals surface area contributed by atoms with Gasteiger partial charge in [0, 0.05) is 59.9 Å². The van der Waals surface area contributed by atoms with E-state index in [0.29, 0.717) is 0 Å². The summed E-state index contributed by atoms with van der Waals surface area (Å²) in [6.07, 6.45) is 0. The molecular formula is C15H19N3OS. The minimum absolute atomic E-state index is 0.621. The van der Waals surface area contributed by atoms with Crippen molar-refractivity contribution in [2.75, 3.05) is 37.0 Å². The Labute approximate surface area is 121 Å². The SMILES string of the molecule is CNc1nc2ccccc2cc1CN1CCS(=O)CC1. The van der Waals surface area contributed by atoms with Gasteiger partial charge in [0.25, 0.3) is 0 Å². The molecule has 0 bridgehead atoms. The summed E-state index contributed by atoms with van der Waals surface area (Å²) in [6, 6.07) is 10.4. The number of fused-ring (bicyclic) bond motifs is 1. The van der Waals surface area contributed by atoms with Crippen LogP contribution in [0.25, 0.3) is 10.9 Å². The second-order valence-electron chi connectivity index (χ2n) is 5.06. The maximum absolute atomic E-state index is 11.4. The summed E-state index contributed by atoms with van der Waals surface area (Å²) in [5.41, 5.74) is 2.22. The van der Waals surface area contributed by atoms with Crippen LogP contribution in [0.2, 0.25) is 0 Å². The first-order valence-electron chi connectivity index (χ1n) is 6.90. The Morgan fingerprint density at radius 2 is 2.05 bits per heavy atom. The summed E-state index contributed by atoms with van der Waals surface area (Å²) in [4.78, 5) is 7.03. The molecule has 1 aromatic heterocycles. The van der Waals surface area contributed by atoms with Gasteiger partial charge in [-0.1, -0.05) is 18.2 Å². The Balaban J connectivity index is 1.87. The number of nitrogens with zero attached hydrogens (tertiary/aromatic N) is 2. The minimum atomic E-state index is -0.621. The van der Waals surface area contributed by atoms with Crippen molar-refractivity contribution in [1.29, 1.82) is 0 Å². The Bertz CT molecular complexity index is 634. The Morgan fingerprint density at radius 1 is 1.30 bits per heavy atom. The van der Waals surface area contributed by atoms with Crippen molar-refractivity contribution in [3.8, 4) is 0 Å². The third-order valence-electron chi connectivity index (χ3n) is 3.70. The van der Waals surface area contributed by atoms with E-state index >= 15 is 0 Å². The summed E-state index contributed by atoms with van der Waals surface area (Å²) < 4.78 is 11.4. The maximum Gasteiger partial charge on any atom is 0.130 e. The Hall–Kier alpha value is -1.46. The molecule has 1 aromatic carbocycles. The van der Waals surface area contributed by atoms with Gasteiger partial charge >= 0.3 is 0 Å². The molecule has 1 saturated heterocycles. The largest absolute Gasteiger partial charge is 0.373 e. The van der Waals surface area contributed by atoms with Crippen molar-refractivity contribution in [2.24, 2.45) is 0 Å². The highest BCUT2D eigenvalue weighted by Crippen LogP contribution is 2.22. The molecule has 4 nitrogen and oxygen atoms in total. The van der Waals surface area contributed by atoms with Crippen molar-refractivity contribution in [3.63, 3.8) is 0 Å². The average molecular weight is 289 g/mol. The normalized spacial score (nSPS) is 17.4. The van der Waals surface area contributed by atoms with E-state index in [0.717, 1.165) is 42.5 Å². The third kappa shape index (κ3) is 2.83. The summed E-state index contributed by atoms with van der Waals surface area (Å²) >= 11 is 0. The molecule has 0 unspecified atom stereocenters. The highest BCUT2D eigenvalue weighted by Gasteiger charge is 2.17. The number of hydrogen-bond acceptors (Lipinski definition) is 4. The van der Waals surface area contributed by atoms with Crippen LogP contribution < -0.4 is 5.32 Å². The van der Waals surface area contributed by atoms with Crippen LogP contribution in [0.4, 0.5) is 5.82 Å². The molecule has 1 fully saturated rings. The zero-order valence-corrected chi connectivity index (χ0v) is 12.4. The second-order valence-corrected chi connectivity index (χ2v) is 6.76. The van der Waals surface area contributed by atoms with E-state index in [1.807, 2.05) is 25.2 Å². The number of pyridine rings is 1. The second kappa shape index (κ2) is 5.89. The maximum atomic E-state index is 11.4. The topological polar surface area (TPSA) is 45.2 Å². The number of aromatic nitrogens is 1. The molecule has 0 saturated carbocycles. The number of rotatable bonds is 3. The van der Waals surface area contributed by atoms with Crippen LogP contribution in [0.5, 0.6) is 0 Å². The average Bonchev–Trinajstić information content (AvgIpc) is 2.49. The zero-order chi connectivity index (χ0) is 13.9. The van der Waals surface area contributed by atoms with Crippen molar-refractivity contribution in [3.05, 3.63) is 35.9 Å². The van der Waals surface area contributed by atoms with Crippen molar-refractivity contribution < 1.29 is 4.21 Å². The molecule has 106 valence electrons. The van der Waals surface area contributed by atoms with E-state index < -0.39 is 10.8 Å².